The first-order valence-electron chi connectivity index (χ1n) is 6.39. The van der Waals surface area contributed by atoms with Crippen molar-refractivity contribution in [3.63, 3.8) is 0 Å². The van der Waals surface area contributed by atoms with E-state index in [1.807, 2.05) is 6.07 Å². The zero-order chi connectivity index (χ0) is 15.4. The zero-order valence-electron chi connectivity index (χ0n) is 12.2. The second-order valence-corrected chi connectivity index (χ2v) is 4.50. The van der Waals surface area contributed by atoms with E-state index in [-0.39, 0.29) is 11.5 Å². The molecular formula is C16H18O5. The summed E-state index contributed by atoms with van der Waals surface area (Å²) in [6, 6.07) is 8.63. The lowest BCUT2D eigenvalue weighted by Gasteiger charge is -2.13. The topological polar surface area (TPSA) is 68.2 Å². The van der Waals surface area contributed by atoms with Crippen molar-refractivity contribution < 1.29 is 24.4 Å². The third-order valence-corrected chi connectivity index (χ3v) is 3.21. The fourth-order valence-electron chi connectivity index (χ4n) is 2.22. The van der Waals surface area contributed by atoms with Gasteiger partial charge in [-0.2, -0.15) is 0 Å². The minimum absolute atomic E-state index is 0.0355. The van der Waals surface area contributed by atoms with Gasteiger partial charge in [0.2, 0.25) is 5.75 Å². The SMILES string of the molecule is COc1cc(Cc2cccc(O)c2OC)cc(OC)c1O. The molecule has 21 heavy (non-hydrogen) atoms. The van der Waals surface area contributed by atoms with Crippen molar-refractivity contribution in [2.45, 2.75) is 6.42 Å². The summed E-state index contributed by atoms with van der Waals surface area (Å²) in [5.41, 5.74) is 1.69. The van der Waals surface area contributed by atoms with E-state index >= 15 is 0 Å². The summed E-state index contributed by atoms with van der Waals surface area (Å²) in [6.45, 7) is 0. The lowest BCUT2D eigenvalue weighted by molar-refractivity contribution is 0.339. The predicted molar refractivity (Wildman–Crippen MR) is 78.7 cm³/mol. The van der Waals surface area contributed by atoms with Gasteiger partial charge in [0.25, 0.3) is 0 Å². The molecule has 5 nitrogen and oxygen atoms in total. The number of para-hydroxylation sites is 1. The van der Waals surface area contributed by atoms with Crippen molar-refractivity contribution in [1.82, 2.24) is 0 Å². The molecule has 112 valence electrons. The van der Waals surface area contributed by atoms with Crippen LogP contribution in [0.25, 0.3) is 0 Å². The molecule has 0 fully saturated rings. The molecule has 2 N–H and O–H groups in total. The number of aromatic hydroxyl groups is 2. The van der Waals surface area contributed by atoms with Gasteiger partial charge in [-0.15, -0.1) is 0 Å². The van der Waals surface area contributed by atoms with E-state index in [9.17, 15) is 10.2 Å². The molecule has 0 heterocycles. The zero-order valence-corrected chi connectivity index (χ0v) is 12.2. The second-order valence-electron chi connectivity index (χ2n) is 4.50. The van der Waals surface area contributed by atoms with Crippen LogP contribution in [0, 0.1) is 0 Å². The average Bonchev–Trinajstić information content (AvgIpc) is 2.49. The molecule has 0 bridgehead atoms. The molecule has 0 aliphatic carbocycles. The van der Waals surface area contributed by atoms with Gasteiger partial charge in [-0.3, -0.25) is 0 Å². The van der Waals surface area contributed by atoms with Crippen LogP contribution in [0.3, 0.4) is 0 Å². The average molecular weight is 290 g/mol. The van der Waals surface area contributed by atoms with Crippen LogP contribution < -0.4 is 14.2 Å². The maximum Gasteiger partial charge on any atom is 0.200 e. The van der Waals surface area contributed by atoms with Crippen molar-refractivity contribution in [1.29, 1.82) is 0 Å². The van der Waals surface area contributed by atoms with E-state index in [2.05, 4.69) is 0 Å². The molecular weight excluding hydrogens is 272 g/mol. The van der Waals surface area contributed by atoms with E-state index in [1.54, 1.807) is 24.3 Å². The van der Waals surface area contributed by atoms with E-state index in [0.29, 0.717) is 23.7 Å². The van der Waals surface area contributed by atoms with Crippen LogP contribution in [0.4, 0.5) is 0 Å². The minimum Gasteiger partial charge on any atom is -0.504 e. The molecule has 0 unspecified atom stereocenters. The Balaban J connectivity index is 2.42. The molecule has 0 aliphatic rings. The normalized spacial score (nSPS) is 10.2. The first-order chi connectivity index (χ1) is 10.1. The fraction of sp³-hybridized carbons (Fsp3) is 0.250. The molecule has 2 aromatic carbocycles. The predicted octanol–water partition coefficient (Wildman–Crippen LogP) is 2.71. The van der Waals surface area contributed by atoms with Crippen molar-refractivity contribution in [2.24, 2.45) is 0 Å². The Hall–Kier alpha value is -2.56. The van der Waals surface area contributed by atoms with Crippen molar-refractivity contribution in [3.8, 4) is 28.7 Å². The lowest BCUT2D eigenvalue weighted by atomic mass is 10.0. The molecule has 0 atom stereocenters. The number of hydrogen-bond donors (Lipinski definition) is 2. The highest BCUT2D eigenvalue weighted by molar-refractivity contribution is 5.55. The van der Waals surface area contributed by atoms with Gasteiger partial charge in [-0.05, 0) is 23.8 Å². The van der Waals surface area contributed by atoms with E-state index < -0.39 is 0 Å². The van der Waals surface area contributed by atoms with Gasteiger partial charge in [0.1, 0.15) is 0 Å². The van der Waals surface area contributed by atoms with Crippen LogP contribution in [0.2, 0.25) is 0 Å². The minimum atomic E-state index is -0.0355. The Kier molecular flexibility index (Phi) is 4.42. The standard InChI is InChI=1S/C16H18O5/c1-19-13-8-10(9-14(20-2)15(13)18)7-11-5-4-6-12(17)16(11)21-3/h4-6,8-9,17-18H,7H2,1-3H3. The van der Waals surface area contributed by atoms with Crippen LogP contribution in [0.5, 0.6) is 28.7 Å². The van der Waals surface area contributed by atoms with E-state index in [4.69, 9.17) is 14.2 Å². The molecule has 0 radical (unpaired) electrons. The van der Waals surface area contributed by atoms with Gasteiger partial charge in [0.05, 0.1) is 21.3 Å². The molecule has 0 amide bonds. The summed E-state index contributed by atoms with van der Waals surface area (Å²) in [5, 5.41) is 19.7. The second kappa shape index (κ2) is 6.26. The van der Waals surface area contributed by atoms with Crippen LogP contribution >= 0.6 is 0 Å². The van der Waals surface area contributed by atoms with Gasteiger partial charge in [-0.1, -0.05) is 12.1 Å². The lowest BCUT2D eigenvalue weighted by Crippen LogP contribution is -1.96. The number of benzene rings is 2. The number of phenols is 2. The third kappa shape index (κ3) is 2.97. The summed E-state index contributed by atoms with van der Waals surface area (Å²) in [6.07, 6.45) is 0.505. The number of rotatable bonds is 5. The smallest absolute Gasteiger partial charge is 0.200 e. The maximum atomic E-state index is 9.91. The van der Waals surface area contributed by atoms with Crippen LogP contribution in [0.15, 0.2) is 30.3 Å². The van der Waals surface area contributed by atoms with Crippen LogP contribution in [-0.2, 0) is 6.42 Å². The summed E-state index contributed by atoms with van der Waals surface area (Å²) in [5.74, 6) is 1.16. The summed E-state index contributed by atoms with van der Waals surface area (Å²) >= 11 is 0. The molecule has 0 aromatic heterocycles. The molecule has 0 saturated heterocycles. The van der Waals surface area contributed by atoms with E-state index in [0.717, 1.165) is 11.1 Å². The summed E-state index contributed by atoms with van der Waals surface area (Å²) in [7, 11) is 4.47. The van der Waals surface area contributed by atoms with Crippen LogP contribution in [0.1, 0.15) is 11.1 Å². The first-order valence-corrected chi connectivity index (χ1v) is 6.39. The largest absolute Gasteiger partial charge is 0.504 e. The molecule has 5 heteroatoms. The number of methoxy groups -OCH3 is 3. The summed E-state index contributed by atoms with van der Waals surface area (Å²) in [4.78, 5) is 0. The molecule has 0 spiro atoms. The number of hydrogen-bond acceptors (Lipinski definition) is 5. The monoisotopic (exact) mass is 290 g/mol. The van der Waals surface area contributed by atoms with Gasteiger partial charge in [0.15, 0.2) is 23.0 Å². The van der Waals surface area contributed by atoms with Gasteiger partial charge < -0.3 is 24.4 Å². The van der Waals surface area contributed by atoms with Gasteiger partial charge >= 0.3 is 0 Å². The molecule has 0 aliphatic heterocycles. The van der Waals surface area contributed by atoms with E-state index in [1.165, 1.54) is 21.3 Å². The molecule has 0 saturated carbocycles. The number of phenolic OH excluding ortho intramolecular Hbond substituents is 2. The Bertz CT molecular complexity index is 612. The third-order valence-electron chi connectivity index (χ3n) is 3.21. The number of ether oxygens (including phenoxy) is 3. The Morgan fingerprint density at radius 1 is 0.905 bits per heavy atom. The van der Waals surface area contributed by atoms with Gasteiger partial charge in [0, 0.05) is 12.0 Å². The highest BCUT2D eigenvalue weighted by Crippen LogP contribution is 2.39. The molecule has 2 aromatic rings. The Labute approximate surface area is 123 Å². The highest BCUT2D eigenvalue weighted by atomic mass is 16.5. The fourth-order valence-corrected chi connectivity index (χ4v) is 2.22. The Morgan fingerprint density at radius 3 is 2.05 bits per heavy atom. The Morgan fingerprint density at radius 2 is 1.52 bits per heavy atom. The van der Waals surface area contributed by atoms with Crippen molar-refractivity contribution in [3.05, 3.63) is 41.5 Å². The molecule has 2 rings (SSSR count). The first kappa shape index (κ1) is 14.8. The van der Waals surface area contributed by atoms with Gasteiger partial charge in [-0.25, -0.2) is 0 Å². The summed E-state index contributed by atoms with van der Waals surface area (Å²) < 4.78 is 15.5. The van der Waals surface area contributed by atoms with Crippen LogP contribution in [-0.4, -0.2) is 31.5 Å². The van der Waals surface area contributed by atoms with Crippen molar-refractivity contribution >= 4 is 0 Å². The maximum absolute atomic E-state index is 9.91. The highest BCUT2D eigenvalue weighted by Gasteiger charge is 2.14. The quantitative estimate of drug-likeness (QED) is 0.886. The van der Waals surface area contributed by atoms with Crippen molar-refractivity contribution in [2.75, 3.05) is 21.3 Å².